The molecule has 100 valence electrons. The van der Waals surface area contributed by atoms with Crippen molar-refractivity contribution in [1.29, 1.82) is 0 Å². The number of rotatable bonds is 2. The third kappa shape index (κ3) is 3.58. The molecule has 2 atom stereocenters. The topological polar surface area (TPSA) is 26.0 Å². The molecule has 0 radical (unpaired) electrons. The highest BCUT2D eigenvalue weighted by molar-refractivity contribution is 5.29. The second-order valence-corrected chi connectivity index (χ2v) is 6.57. The standard InChI is InChI=1S/C17H27N/c1-13-5-4-7-17(18,8-6-13)12-16-10-14(2)9-15(3)11-16/h9-11,13H,4-8,12,18H2,1-3H3. The highest BCUT2D eigenvalue weighted by Crippen LogP contribution is 2.31. The Morgan fingerprint density at radius 1 is 1.11 bits per heavy atom. The Bertz CT molecular complexity index is 390. The molecular formula is C17H27N. The molecular weight excluding hydrogens is 218 g/mol. The summed E-state index contributed by atoms with van der Waals surface area (Å²) in [5, 5.41) is 0. The van der Waals surface area contributed by atoms with Crippen molar-refractivity contribution in [3.8, 4) is 0 Å². The van der Waals surface area contributed by atoms with Crippen LogP contribution in [-0.4, -0.2) is 5.54 Å². The lowest BCUT2D eigenvalue weighted by Gasteiger charge is -2.28. The van der Waals surface area contributed by atoms with E-state index in [-0.39, 0.29) is 5.54 Å². The van der Waals surface area contributed by atoms with E-state index in [4.69, 9.17) is 5.73 Å². The van der Waals surface area contributed by atoms with Gasteiger partial charge in [-0.15, -0.1) is 0 Å². The van der Waals surface area contributed by atoms with Crippen LogP contribution in [0.3, 0.4) is 0 Å². The number of hydrogen-bond donors (Lipinski definition) is 1. The number of nitrogens with two attached hydrogens (primary N) is 1. The molecule has 1 aromatic rings. The number of hydrogen-bond acceptors (Lipinski definition) is 1. The minimum atomic E-state index is 0.0327. The van der Waals surface area contributed by atoms with E-state index < -0.39 is 0 Å². The average Bonchev–Trinajstić information content (AvgIpc) is 2.39. The van der Waals surface area contributed by atoms with Crippen LogP contribution in [0.15, 0.2) is 18.2 Å². The van der Waals surface area contributed by atoms with E-state index in [1.807, 2.05) is 0 Å². The molecule has 1 aliphatic rings. The SMILES string of the molecule is Cc1cc(C)cc(CC2(N)CCCC(C)CC2)c1. The van der Waals surface area contributed by atoms with Gasteiger partial charge in [-0.05, 0) is 51.0 Å². The van der Waals surface area contributed by atoms with Gasteiger partial charge in [-0.1, -0.05) is 49.1 Å². The van der Waals surface area contributed by atoms with Gasteiger partial charge in [0.1, 0.15) is 0 Å². The summed E-state index contributed by atoms with van der Waals surface area (Å²) in [5.41, 5.74) is 10.8. The molecule has 1 saturated carbocycles. The largest absolute Gasteiger partial charge is 0.325 e. The van der Waals surface area contributed by atoms with Crippen LogP contribution in [0.2, 0.25) is 0 Å². The Labute approximate surface area is 112 Å². The van der Waals surface area contributed by atoms with Gasteiger partial charge >= 0.3 is 0 Å². The summed E-state index contributed by atoms with van der Waals surface area (Å²) in [5.74, 6) is 0.856. The summed E-state index contributed by atoms with van der Waals surface area (Å²) < 4.78 is 0. The van der Waals surface area contributed by atoms with Crippen LogP contribution in [0.4, 0.5) is 0 Å². The maximum absolute atomic E-state index is 6.65. The van der Waals surface area contributed by atoms with Gasteiger partial charge in [-0.3, -0.25) is 0 Å². The molecule has 1 fully saturated rings. The zero-order valence-corrected chi connectivity index (χ0v) is 12.1. The van der Waals surface area contributed by atoms with Crippen LogP contribution in [-0.2, 0) is 6.42 Å². The summed E-state index contributed by atoms with van der Waals surface area (Å²) >= 11 is 0. The fourth-order valence-electron chi connectivity index (χ4n) is 3.36. The van der Waals surface area contributed by atoms with Gasteiger partial charge in [0.25, 0.3) is 0 Å². The minimum absolute atomic E-state index is 0.0327. The molecule has 1 nitrogen and oxygen atoms in total. The van der Waals surface area contributed by atoms with Gasteiger partial charge in [-0.2, -0.15) is 0 Å². The molecule has 2 rings (SSSR count). The summed E-state index contributed by atoms with van der Waals surface area (Å²) in [7, 11) is 0. The maximum atomic E-state index is 6.65. The van der Waals surface area contributed by atoms with Crippen LogP contribution in [0.5, 0.6) is 0 Å². The first-order chi connectivity index (χ1) is 8.47. The highest BCUT2D eigenvalue weighted by atomic mass is 14.7. The molecule has 2 unspecified atom stereocenters. The normalized spacial score (nSPS) is 29.0. The zero-order valence-electron chi connectivity index (χ0n) is 12.1. The van der Waals surface area contributed by atoms with Gasteiger partial charge < -0.3 is 5.73 Å². The number of aryl methyl sites for hydroxylation is 2. The monoisotopic (exact) mass is 245 g/mol. The van der Waals surface area contributed by atoms with E-state index in [2.05, 4.69) is 39.0 Å². The van der Waals surface area contributed by atoms with Gasteiger partial charge in [0, 0.05) is 5.54 Å². The van der Waals surface area contributed by atoms with Gasteiger partial charge in [-0.25, -0.2) is 0 Å². The van der Waals surface area contributed by atoms with Gasteiger partial charge in [0.05, 0.1) is 0 Å². The molecule has 1 aliphatic carbocycles. The predicted molar refractivity (Wildman–Crippen MR) is 78.8 cm³/mol. The molecule has 0 spiro atoms. The first-order valence-electron chi connectivity index (χ1n) is 7.33. The zero-order chi connectivity index (χ0) is 13.2. The molecule has 0 aromatic heterocycles. The van der Waals surface area contributed by atoms with Crippen molar-refractivity contribution in [3.63, 3.8) is 0 Å². The average molecular weight is 245 g/mol. The Morgan fingerprint density at radius 3 is 2.44 bits per heavy atom. The summed E-state index contributed by atoms with van der Waals surface area (Å²) in [6.07, 6.45) is 7.35. The van der Waals surface area contributed by atoms with Crippen LogP contribution >= 0.6 is 0 Å². The minimum Gasteiger partial charge on any atom is -0.325 e. The fraction of sp³-hybridized carbons (Fsp3) is 0.647. The van der Waals surface area contributed by atoms with Crippen molar-refractivity contribution >= 4 is 0 Å². The third-order valence-electron chi connectivity index (χ3n) is 4.34. The lowest BCUT2D eigenvalue weighted by molar-refractivity contribution is 0.363. The van der Waals surface area contributed by atoms with Gasteiger partial charge in [0.15, 0.2) is 0 Å². The highest BCUT2D eigenvalue weighted by Gasteiger charge is 2.28. The molecule has 18 heavy (non-hydrogen) atoms. The van der Waals surface area contributed by atoms with Crippen molar-refractivity contribution in [3.05, 3.63) is 34.9 Å². The Kier molecular flexibility index (Phi) is 4.11. The van der Waals surface area contributed by atoms with E-state index in [1.54, 1.807) is 0 Å². The Balaban J connectivity index is 2.11. The van der Waals surface area contributed by atoms with E-state index in [0.717, 1.165) is 12.3 Å². The second kappa shape index (κ2) is 5.44. The van der Waals surface area contributed by atoms with Crippen molar-refractivity contribution in [2.24, 2.45) is 11.7 Å². The molecule has 0 saturated heterocycles. The Hall–Kier alpha value is -0.820. The first kappa shape index (κ1) is 13.6. The van der Waals surface area contributed by atoms with E-state index in [0.29, 0.717) is 0 Å². The molecule has 1 aromatic carbocycles. The fourth-order valence-corrected chi connectivity index (χ4v) is 3.36. The molecule has 0 amide bonds. The van der Waals surface area contributed by atoms with Crippen LogP contribution in [0.1, 0.15) is 55.7 Å². The quantitative estimate of drug-likeness (QED) is 0.778. The Morgan fingerprint density at radius 2 is 1.78 bits per heavy atom. The van der Waals surface area contributed by atoms with Crippen molar-refractivity contribution in [2.75, 3.05) is 0 Å². The van der Waals surface area contributed by atoms with Crippen molar-refractivity contribution in [2.45, 2.75) is 64.8 Å². The smallest absolute Gasteiger partial charge is 0.0195 e. The van der Waals surface area contributed by atoms with E-state index >= 15 is 0 Å². The third-order valence-corrected chi connectivity index (χ3v) is 4.34. The predicted octanol–water partition coefficient (Wildman–Crippen LogP) is 4.14. The van der Waals surface area contributed by atoms with E-state index in [1.165, 1.54) is 48.8 Å². The maximum Gasteiger partial charge on any atom is 0.0195 e. The molecule has 0 aliphatic heterocycles. The lowest BCUT2D eigenvalue weighted by Crippen LogP contribution is -2.41. The van der Waals surface area contributed by atoms with Crippen LogP contribution in [0, 0.1) is 19.8 Å². The number of benzene rings is 1. The summed E-state index contributed by atoms with van der Waals surface area (Å²) in [4.78, 5) is 0. The van der Waals surface area contributed by atoms with Crippen molar-refractivity contribution in [1.82, 2.24) is 0 Å². The molecule has 0 bridgehead atoms. The molecule has 1 heteroatoms. The second-order valence-electron chi connectivity index (χ2n) is 6.57. The first-order valence-corrected chi connectivity index (χ1v) is 7.33. The lowest BCUT2D eigenvalue weighted by atomic mass is 9.84. The molecule has 2 N–H and O–H groups in total. The van der Waals surface area contributed by atoms with E-state index in [9.17, 15) is 0 Å². The summed E-state index contributed by atoms with van der Waals surface area (Å²) in [6, 6.07) is 6.84. The summed E-state index contributed by atoms with van der Waals surface area (Å²) in [6.45, 7) is 6.71. The van der Waals surface area contributed by atoms with Crippen molar-refractivity contribution < 1.29 is 0 Å². The van der Waals surface area contributed by atoms with Crippen LogP contribution in [0.25, 0.3) is 0 Å². The molecule has 0 heterocycles. The van der Waals surface area contributed by atoms with Gasteiger partial charge in [0.2, 0.25) is 0 Å². The van der Waals surface area contributed by atoms with Crippen LogP contribution < -0.4 is 5.73 Å².